The molecule has 0 unspecified atom stereocenters. The molecule has 0 aliphatic carbocycles. The Balaban J connectivity index is 2.90. The van der Waals surface area contributed by atoms with Crippen LogP contribution in [-0.4, -0.2) is 31.6 Å². The first-order valence-corrected chi connectivity index (χ1v) is 4.81. The highest BCUT2D eigenvalue weighted by Crippen LogP contribution is 2.17. The lowest BCUT2D eigenvalue weighted by molar-refractivity contribution is 0.219. The van der Waals surface area contributed by atoms with Gasteiger partial charge in [0.15, 0.2) is 0 Å². The second-order valence-corrected chi connectivity index (χ2v) is 3.31. The van der Waals surface area contributed by atoms with Gasteiger partial charge in [-0.15, -0.1) is 0 Å². The zero-order chi connectivity index (χ0) is 11.4. The number of hydrogen-bond acceptors (Lipinski definition) is 1. The summed E-state index contributed by atoms with van der Waals surface area (Å²) in [5, 5.41) is 0. The molecule has 0 radical (unpaired) electrons. The van der Waals surface area contributed by atoms with Crippen LogP contribution in [0.1, 0.15) is 6.92 Å². The number of amides is 2. The lowest BCUT2D eigenvalue weighted by Crippen LogP contribution is -2.39. The molecule has 1 aromatic carbocycles. The Kier molecular flexibility index (Phi) is 3.66. The summed E-state index contributed by atoms with van der Waals surface area (Å²) in [6, 6.07) is 6.00. The Hall–Kier alpha value is -1.58. The fourth-order valence-corrected chi connectivity index (χ4v) is 1.22. The van der Waals surface area contributed by atoms with E-state index in [0.717, 1.165) is 0 Å². The highest BCUT2D eigenvalue weighted by molar-refractivity contribution is 5.91. The van der Waals surface area contributed by atoms with Crippen molar-refractivity contribution in [3.05, 3.63) is 30.1 Å². The minimum Gasteiger partial charge on any atom is -0.328 e. The van der Waals surface area contributed by atoms with E-state index < -0.39 is 5.82 Å². The Morgan fingerprint density at radius 3 is 2.47 bits per heavy atom. The van der Waals surface area contributed by atoms with Crippen LogP contribution in [0.25, 0.3) is 0 Å². The zero-order valence-electron chi connectivity index (χ0n) is 9.20. The average molecular weight is 210 g/mol. The predicted molar refractivity (Wildman–Crippen MR) is 58.5 cm³/mol. The number of rotatable bonds is 2. The quantitative estimate of drug-likeness (QED) is 0.735. The lowest BCUT2D eigenvalue weighted by atomic mass is 10.3. The molecule has 82 valence electrons. The number of halogens is 1. The van der Waals surface area contributed by atoms with E-state index in [9.17, 15) is 9.18 Å². The molecule has 1 aromatic rings. The molecule has 0 saturated carbocycles. The van der Waals surface area contributed by atoms with E-state index in [1.54, 1.807) is 32.3 Å². The molecule has 0 fully saturated rings. The fourth-order valence-electron chi connectivity index (χ4n) is 1.22. The minimum absolute atomic E-state index is 0.220. The van der Waals surface area contributed by atoms with Gasteiger partial charge in [-0.2, -0.15) is 0 Å². The van der Waals surface area contributed by atoms with Crippen molar-refractivity contribution in [3.63, 3.8) is 0 Å². The van der Waals surface area contributed by atoms with Crippen LogP contribution in [0.2, 0.25) is 0 Å². The smallest absolute Gasteiger partial charge is 0.324 e. The first kappa shape index (κ1) is 11.5. The molecule has 0 aliphatic rings. The normalized spacial score (nSPS) is 9.87. The number of para-hydroxylation sites is 1. The predicted octanol–water partition coefficient (Wildman–Crippen LogP) is 2.33. The summed E-state index contributed by atoms with van der Waals surface area (Å²) in [7, 11) is 3.24. The first-order chi connectivity index (χ1) is 7.07. The molecule has 4 heteroatoms. The molecule has 0 spiro atoms. The molecule has 0 heterocycles. The Morgan fingerprint density at radius 2 is 1.93 bits per heavy atom. The number of carbonyl (C=O) groups is 1. The Bertz CT molecular complexity index is 354. The average Bonchev–Trinajstić information content (AvgIpc) is 2.26. The summed E-state index contributed by atoms with van der Waals surface area (Å²) in [5.74, 6) is -0.391. The molecule has 15 heavy (non-hydrogen) atoms. The van der Waals surface area contributed by atoms with Gasteiger partial charge < -0.3 is 4.90 Å². The number of hydrogen-bond donors (Lipinski definition) is 0. The maximum atomic E-state index is 13.4. The molecular formula is C11H15FN2O. The lowest BCUT2D eigenvalue weighted by Gasteiger charge is -2.24. The number of carbonyl (C=O) groups excluding carboxylic acids is 1. The van der Waals surface area contributed by atoms with E-state index in [1.165, 1.54) is 15.9 Å². The van der Waals surface area contributed by atoms with Gasteiger partial charge in [-0.1, -0.05) is 12.1 Å². The van der Waals surface area contributed by atoms with E-state index in [1.807, 2.05) is 6.92 Å². The molecule has 0 N–H and O–H groups in total. The van der Waals surface area contributed by atoms with Crippen LogP contribution in [0.3, 0.4) is 0 Å². The molecule has 0 aromatic heterocycles. The van der Waals surface area contributed by atoms with Crippen molar-refractivity contribution < 1.29 is 9.18 Å². The molecule has 0 atom stereocenters. The summed E-state index contributed by atoms with van der Waals surface area (Å²) in [6.45, 7) is 2.46. The fraction of sp³-hybridized carbons (Fsp3) is 0.364. The first-order valence-electron chi connectivity index (χ1n) is 4.81. The second kappa shape index (κ2) is 4.77. The van der Waals surface area contributed by atoms with Crippen LogP contribution in [0, 0.1) is 5.82 Å². The molecule has 0 saturated heterocycles. The highest BCUT2D eigenvalue weighted by atomic mass is 19.1. The molecular weight excluding hydrogens is 195 g/mol. The molecule has 3 nitrogen and oxygen atoms in total. The van der Waals surface area contributed by atoms with E-state index in [0.29, 0.717) is 12.2 Å². The molecule has 2 amide bonds. The SMILES string of the molecule is CCN(C)C(=O)N(C)c1ccccc1F. The highest BCUT2D eigenvalue weighted by Gasteiger charge is 2.16. The van der Waals surface area contributed by atoms with E-state index in [2.05, 4.69) is 0 Å². The Labute approximate surface area is 89.1 Å². The third kappa shape index (κ3) is 2.46. The van der Waals surface area contributed by atoms with Crippen LogP contribution < -0.4 is 4.90 Å². The third-order valence-electron chi connectivity index (χ3n) is 2.30. The van der Waals surface area contributed by atoms with Gasteiger partial charge >= 0.3 is 6.03 Å². The van der Waals surface area contributed by atoms with Gasteiger partial charge in [0.25, 0.3) is 0 Å². The van der Waals surface area contributed by atoms with Crippen molar-refractivity contribution in [2.75, 3.05) is 25.5 Å². The van der Waals surface area contributed by atoms with Crippen LogP contribution in [0.5, 0.6) is 0 Å². The van der Waals surface area contributed by atoms with Gasteiger partial charge in [0.2, 0.25) is 0 Å². The van der Waals surface area contributed by atoms with Crippen molar-refractivity contribution >= 4 is 11.7 Å². The number of anilines is 1. The van der Waals surface area contributed by atoms with E-state index in [4.69, 9.17) is 0 Å². The second-order valence-electron chi connectivity index (χ2n) is 3.31. The number of nitrogens with zero attached hydrogens (tertiary/aromatic N) is 2. The van der Waals surface area contributed by atoms with Crippen molar-refractivity contribution in [1.29, 1.82) is 0 Å². The van der Waals surface area contributed by atoms with Gasteiger partial charge in [0, 0.05) is 20.6 Å². The summed E-state index contributed by atoms with van der Waals surface area (Å²) in [5.41, 5.74) is 0.294. The van der Waals surface area contributed by atoms with Crippen LogP contribution >= 0.6 is 0 Å². The maximum absolute atomic E-state index is 13.4. The topological polar surface area (TPSA) is 23.6 Å². The summed E-state index contributed by atoms with van der Waals surface area (Å²) in [4.78, 5) is 14.5. The monoisotopic (exact) mass is 210 g/mol. The standard InChI is InChI=1S/C11H15FN2O/c1-4-13(2)11(15)14(3)10-8-6-5-7-9(10)12/h5-8H,4H2,1-3H3. The van der Waals surface area contributed by atoms with E-state index >= 15 is 0 Å². The summed E-state index contributed by atoms with van der Waals surface area (Å²) < 4.78 is 13.4. The maximum Gasteiger partial charge on any atom is 0.324 e. The van der Waals surface area contributed by atoms with Gasteiger partial charge in [-0.25, -0.2) is 9.18 Å². The minimum atomic E-state index is -0.391. The van der Waals surface area contributed by atoms with Gasteiger partial charge in [-0.05, 0) is 19.1 Å². The summed E-state index contributed by atoms with van der Waals surface area (Å²) in [6.07, 6.45) is 0. The van der Waals surface area contributed by atoms with Crippen molar-refractivity contribution in [3.8, 4) is 0 Å². The number of benzene rings is 1. The molecule has 1 rings (SSSR count). The van der Waals surface area contributed by atoms with Gasteiger partial charge in [0.1, 0.15) is 5.82 Å². The van der Waals surface area contributed by atoms with Gasteiger partial charge in [0.05, 0.1) is 5.69 Å². The van der Waals surface area contributed by atoms with Crippen LogP contribution in [-0.2, 0) is 0 Å². The summed E-state index contributed by atoms with van der Waals surface area (Å²) >= 11 is 0. The van der Waals surface area contributed by atoms with Crippen LogP contribution in [0.4, 0.5) is 14.9 Å². The Morgan fingerprint density at radius 1 is 1.33 bits per heavy atom. The van der Waals surface area contributed by atoms with Gasteiger partial charge in [-0.3, -0.25) is 4.90 Å². The zero-order valence-corrected chi connectivity index (χ0v) is 9.20. The number of urea groups is 1. The van der Waals surface area contributed by atoms with Crippen molar-refractivity contribution in [2.45, 2.75) is 6.92 Å². The molecule has 0 bridgehead atoms. The van der Waals surface area contributed by atoms with Crippen molar-refractivity contribution in [2.24, 2.45) is 0 Å². The van der Waals surface area contributed by atoms with Crippen LogP contribution in [0.15, 0.2) is 24.3 Å². The largest absolute Gasteiger partial charge is 0.328 e. The van der Waals surface area contributed by atoms with Crippen molar-refractivity contribution in [1.82, 2.24) is 4.90 Å². The molecule has 0 aliphatic heterocycles. The third-order valence-corrected chi connectivity index (χ3v) is 2.30. The van der Waals surface area contributed by atoms with E-state index in [-0.39, 0.29) is 6.03 Å².